The molecule has 0 amide bonds. The highest BCUT2D eigenvalue weighted by atomic mass is 127. The Balaban J connectivity index is 2.57. The number of carbonyl (C=O) groups is 1. The van der Waals surface area contributed by atoms with E-state index in [1.165, 1.54) is 24.3 Å². The van der Waals surface area contributed by atoms with Gasteiger partial charge in [-0.25, -0.2) is 0 Å². The van der Waals surface area contributed by atoms with E-state index < -0.39 is 10.1 Å². The van der Waals surface area contributed by atoms with Gasteiger partial charge in [0.15, 0.2) is 0 Å². The molecule has 1 aromatic carbocycles. The van der Waals surface area contributed by atoms with Crippen molar-refractivity contribution in [1.29, 1.82) is 0 Å². The van der Waals surface area contributed by atoms with Gasteiger partial charge < -0.3 is 15.2 Å². The summed E-state index contributed by atoms with van der Waals surface area (Å²) in [5.41, 5.74) is 0.520. The monoisotopic (exact) mass is 343 g/mol. The Morgan fingerprint density at radius 2 is 2.00 bits per heavy atom. The lowest BCUT2D eigenvalue weighted by Crippen LogP contribution is -2.15. The second kappa shape index (κ2) is 5.28. The average molecular weight is 343 g/mol. The Bertz CT molecular complexity index is 364. The first kappa shape index (κ1) is 12.9. The van der Waals surface area contributed by atoms with Gasteiger partial charge in [-0.1, -0.05) is 0 Å². The zero-order valence-electron chi connectivity index (χ0n) is 7.91. The number of aliphatic carboxylic acids is 1. The summed E-state index contributed by atoms with van der Waals surface area (Å²) in [5, 5.41) is 11.0. The zero-order valence-corrected chi connectivity index (χ0v) is 10.1. The van der Waals surface area contributed by atoms with Crippen LogP contribution in [0.1, 0.15) is 0 Å². The molecule has 0 bridgehead atoms. The zero-order chi connectivity index (χ0) is 12.2. The molecule has 2 N–H and O–H groups in total. The summed E-state index contributed by atoms with van der Waals surface area (Å²) in [6, 6.07) is 5.58. The predicted molar refractivity (Wildman–Crippen MR) is 62.2 cm³/mol. The fourth-order valence-corrected chi connectivity index (χ4v) is 1.21. The van der Waals surface area contributed by atoms with Crippen molar-refractivity contribution in [2.45, 2.75) is 4.12 Å². The van der Waals surface area contributed by atoms with E-state index in [0.29, 0.717) is 5.69 Å². The first-order valence-electron chi connectivity index (χ1n) is 4.18. The number of hydrogen-bond acceptors (Lipinski definition) is 3. The topological polar surface area (TPSA) is 58.6 Å². The highest BCUT2D eigenvalue weighted by molar-refractivity contribution is 14.1. The second-order valence-corrected chi connectivity index (χ2v) is 4.08. The van der Waals surface area contributed by atoms with Crippen LogP contribution in [0.5, 0.6) is 5.75 Å². The van der Waals surface area contributed by atoms with E-state index >= 15 is 0 Å². The van der Waals surface area contributed by atoms with Crippen molar-refractivity contribution in [2.24, 2.45) is 0 Å². The summed E-state index contributed by atoms with van der Waals surface area (Å²) in [7, 11) is 0. The van der Waals surface area contributed by atoms with Gasteiger partial charge in [0.25, 0.3) is 0 Å². The van der Waals surface area contributed by atoms with E-state index in [9.17, 15) is 13.6 Å². The third-order valence-corrected chi connectivity index (χ3v) is 1.75. The third kappa shape index (κ3) is 5.10. The number of halogens is 3. The summed E-state index contributed by atoms with van der Waals surface area (Å²) in [6.45, 7) is -0.233. The lowest BCUT2D eigenvalue weighted by atomic mass is 10.3. The third-order valence-electron chi connectivity index (χ3n) is 1.53. The summed E-state index contributed by atoms with van der Waals surface area (Å²) in [4.78, 5) is 10.2. The molecule has 0 aliphatic heterocycles. The molecule has 0 spiro atoms. The molecular formula is C9H8F2INO3. The van der Waals surface area contributed by atoms with Crippen molar-refractivity contribution in [1.82, 2.24) is 0 Å². The van der Waals surface area contributed by atoms with Crippen LogP contribution >= 0.6 is 22.6 Å². The number of nitrogens with one attached hydrogen (secondary N) is 1. The van der Waals surface area contributed by atoms with Crippen LogP contribution in [0.2, 0.25) is 0 Å². The Kier molecular flexibility index (Phi) is 4.27. The fraction of sp³-hybridized carbons (Fsp3) is 0.222. The predicted octanol–water partition coefficient (Wildman–Crippen LogP) is 2.55. The highest BCUT2D eigenvalue weighted by Crippen LogP contribution is 2.27. The van der Waals surface area contributed by atoms with Crippen molar-refractivity contribution >= 4 is 34.2 Å². The number of alkyl halides is 3. The summed E-state index contributed by atoms with van der Waals surface area (Å²) < 4.78 is 25.9. The first-order chi connectivity index (χ1) is 7.37. The van der Waals surface area contributed by atoms with Crippen LogP contribution < -0.4 is 10.1 Å². The van der Waals surface area contributed by atoms with Crippen LogP contribution in [0.3, 0.4) is 0 Å². The lowest BCUT2D eigenvalue weighted by Gasteiger charge is -2.11. The smallest absolute Gasteiger partial charge is 0.451 e. The molecule has 0 saturated heterocycles. The van der Waals surface area contributed by atoms with Gasteiger partial charge in [0.05, 0.1) is 22.6 Å². The molecule has 0 aromatic heterocycles. The second-order valence-electron chi connectivity index (χ2n) is 2.82. The van der Waals surface area contributed by atoms with Gasteiger partial charge in [-0.2, -0.15) is 8.78 Å². The van der Waals surface area contributed by atoms with Crippen molar-refractivity contribution in [2.75, 3.05) is 11.9 Å². The summed E-state index contributed by atoms with van der Waals surface area (Å²) in [5.74, 6) is -0.987. The molecule has 1 aromatic rings. The van der Waals surface area contributed by atoms with E-state index in [2.05, 4.69) is 10.1 Å². The summed E-state index contributed by atoms with van der Waals surface area (Å²) >= 11 is 0.865. The maximum Gasteiger partial charge on any atom is 0.451 e. The van der Waals surface area contributed by atoms with Crippen LogP contribution in [-0.4, -0.2) is 21.7 Å². The Hall–Kier alpha value is -1.12. The van der Waals surface area contributed by atoms with Gasteiger partial charge in [-0.15, -0.1) is 0 Å². The molecule has 0 heterocycles. The Morgan fingerprint density at radius 1 is 1.44 bits per heavy atom. The van der Waals surface area contributed by atoms with Gasteiger partial charge in [0, 0.05) is 5.69 Å². The van der Waals surface area contributed by atoms with Crippen molar-refractivity contribution in [3.05, 3.63) is 24.3 Å². The molecule has 0 aliphatic carbocycles. The Labute approximate surface area is 104 Å². The number of benzene rings is 1. The lowest BCUT2D eigenvalue weighted by molar-refractivity contribution is -0.134. The molecule has 88 valence electrons. The average Bonchev–Trinajstić information content (AvgIpc) is 2.14. The van der Waals surface area contributed by atoms with Gasteiger partial charge in [0.2, 0.25) is 0 Å². The molecule has 0 radical (unpaired) electrons. The molecule has 4 nitrogen and oxygen atoms in total. The molecule has 0 unspecified atom stereocenters. The number of carboxylic acids is 1. The molecule has 0 atom stereocenters. The van der Waals surface area contributed by atoms with Crippen LogP contribution in [0.4, 0.5) is 14.5 Å². The quantitative estimate of drug-likeness (QED) is 0.637. The maximum absolute atomic E-state index is 12.4. The van der Waals surface area contributed by atoms with Crippen LogP contribution in [0.25, 0.3) is 0 Å². The van der Waals surface area contributed by atoms with Gasteiger partial charge in [-0.05, 0) is 24.3 Å². The number of ether oxygens (including phenoxy) is 1. The molecule has 0 aliphatic rings. The molecule has 1 rings (SSSR count). The van der Waals surface area contributed by atoms with Gasteiger partial charge in [-0.3, -0.25) is 4.79 Å². The van der Waals surface area contributed by atoms with Crippen LogP contribution in [0, 0.1) is 0 Å². The largest absolute Gasteiger partial charge is 0.480 e. The number of hydrogen-bond donors (Lipinski definition) is 2. The molecule has 7 heteroatoms. The minimum absolute atomic E-state index is 0.0141. The van der Waals surface area contributed by atoms with Crippen molar-refractivity contribution in [3.63, 3.8) is 0 Å². The molecule has 16 heavy (non-hydrogen) atoms. The van der Waals surface area contributed by atoms with E-state index in [1.54, 1.807) is 0 Å². The SMILES string of the molecule is O=C(O)CNc1ccc(OC(F)(F)I)cc1. The van der Waals surface area contributed by atoms with Crippen molar-refractivity contribution in [3.8, 4) is 5.75 Å². The van der Waals surface area contributed by atoms with Gasteiger partial charge in [0.1, 0.15) is 12.3 Å². The molecule has 0 fully saturated rings. The van der Waals surface area contributed by atoms with Gasteiger partial charge >= 0.3 is 10.1 Å². The Morgan fingerprint density at radius 3 is 2.44 bits per heavy atom. The maximum atomic E-state index is 12.4. The highest BCUT2D eigenvalue weighted by Gasteiger charge is 2.25. The minimum atomic E-state index is -3.26. The number of rotatable bonds is 5. The number of carboxylic acid groups (broad SMARTS) is 1. The molecule has 0 saturated carbocycles. The van der Waals surface area contributed by atoms with E-state index in [0.717, 1.165) is 22.6 Å². The van der Waals surface area contributed by atoms with Crippen LogP contribution in [-0.2, 0) is 4.79 Å². The van der Waals surface area contributed by atoms with E-state index in [-0.39, 0.29) is 12.3 Å². The van der Waals surface area contributed by atoms with E-state index in [4.69, 9.17) is 5.11 Å². The summed E-state index contributed by atoms with van der Waals surface area (Å²) in [6.07, 6.45) is 0. The van der Waals surface area contributed by atoms with Crippen molar-refractivity contribution < 1.29 is 23.4 Å². The number of anilines is 1. The first-order valence-corrected chi connectivity index (χ1v) is 5.26. The minimum Gasteiger partial charge on any atom is -0.480 e. The normalized spacial score (nSPS) is 10.9. The molecular weight excluding hydrogens is 335 g/mol. The van der Waals surface area contributed by atoms with Crippen LogP contribution in [0.15, 0.2) is 24.3 Å². The fourth-order valence-electron chi connectivity index (χ4n) is 0.952. The van der Waals surface area contributed by atoms with E-state index in [1.807, 2.05) is 0 Å². The standard InChI is InChI=1S/C9H8F2INO3/c10-9(11,12)16-7-3-1-6(2-4-7)13-5-8(14)15/h1-4,13H,5H2,(H,14,15).